The number of nitrogens with zero attached hydrogens (tertiary/aromatic N) is 1. The number of nitrogens with one attached hydrogen (secondary N) is 1. The molecule has 118 valence electrons. The van der Waals surface area contributed by atoms with Crippen LogP contribution in [0.3, 0.4) is 0 Å². The van der Waals surface area contributed by atoms with Gasteiger partial charge in [0, 0.05) is 23.1 Å². The molecule has 1 heterocycles. The molecule has 1 fully saturated rings. The molecule has 1 saturated heterocycles. The Hall–Kier alpha value is -0.580. The van der Waals surface area contributed by atoms with Crippen molar-refractivity contribution in [1.29, 1.82) is 0 Å². The molecule has 1 aliphatic heterocycles. The zero-order valence-electron chi connectivity index (χ0n) is 13.2. The van der Waals surface area contributed by atoms with Gasteiger partial charge in [-0.2, -0.15) is 0 Å². The van der Waals surface area contributed by atoms with Crippen molar-refractivity contribution in [2.24, 2.45) is 5.92 Å². The van der Waals surface area contributed by atoms with E-state index in [0.29, 0.717) is 5.92 Å². The second kappa shape index (κ2) is 8.76. The molecule has 0 aliphatic carbocycles. The Morgan fingerprint density at radius 2 is 2.05 bits per heavy atom. The average molecular weight is 355 g/mol. The summed E-state index contributed by atoms with van der Waals surface area (Å²) in [7, 11) is 0. The maximum absolute atomic E-state index is 6.01. The Labute approximate surface area is 137 Å². The minimum atomic E-state index is 0.664. The van der Waals surface area contributed by atoms with Gasteiger partial charge in [-0.05, 0) is 56.6 Å². The summed E-state index contributed by atoms with van der Waals surface area (Å²) in [4.78, 5) is 2.48. The molecule has 3 nitrogen and oxygen atoms in total. The van der Waals surface area contributed by atoms with Crippen molar-refractivity contribution in [2.75, 3.05) is 32.8 Å². The third-order valence-electron chi connectivity index (χ3n) is 3.75. The number of likely N-dealkylation sites (tertiary alicyclic amines) is 1. The van der Waals surface area contributed by atoms with Crippen LogP contribution < -0.4 is 10.1 Å². The Kier molecular flexibility index (Phi) is 7.00. The highest BCUT2D eigenvalue weighted by Crippen LogP contribution is 2.23. The molecule has 2 rings (SSSR count). The van der Waals surface area contributed by atoms with Crippen LogP contribution in [0.1, 0.15) is 32.3 Å². The van der Waals surface area contributed by atoms with E-state index >= 15 is 0 Å². The van der Waals surface area contributed by atoms with E-state index < -0.39 is 0 Å². The molecule has 0 saturated carbocycles. The van der Waals surface area contributed by atoms with E-state index in [1.807, 2.05) is 0 Å². The summed E-state index contributed by atoms with van der Waals surface area (Å²) >= 11 is 3.55. The maximum atomic E-state index is 6.01. The van der Waals surface area contributed by atoms with Crippen LogP contribution in [0.25, 0.3) is 0 Å². The third-order valence-corrected chi connectivity index (χ3v) is 4.25. The fourth-order valence-corrected chi connectivity index (χ4v) is 3.02. The lowest BCUT2D eigenvalue weighted by Gasteiger charge is -2.17. The number of ether oxygens (including phenoxy) is 1. The van der Waals surface area contributed by atoms with E-state index in [9.17, 15) is 0 Å². The van der Waals surface area contributed by atoms with Gasteiger partial charge in [0.1, 0.15) is 12.4 Å². The fourth-order valence-electron chi connectivity index (χ4n) is 2.61. The summed E-state index contributed by atoms with van der Waals surface area (Å²) in [6.07, 6.45) is 2.67. The molecule has 0 unspecified atom stereocenters. The first-order valence-corrected chi connectivity index (χ1v) is 8.79. The first-order valence-electron chi connectivity index (χ1n) is 7.99. The zero-order chi connectivity index (χ0) is 15.1. The highest BCUT2D eigenvalue weighted by atomic mass is 79.9. The van der Waals surface area contributed by atoms with E-state index in [1.165, 1.54) is 31.5 Å². The lowest BCUT2D eigenvalue weighted by Crippen LogP contribution is -2.25. The van der Waals surface area contributed by atoms with Crippen LogP contribution in [0.15, 0.2) is 22.7 Å². The Morgan fingerprint density at radius 1 is 1.29 bits per heavy atom. The molecular weight excluding hydrogens is 328 g/mol. The molecule has 1 aliphatic rings. The summed E-state index contributed by atoms with van der Waals surface area (Å²) in [6.45, 7) is 10.6. The SMILES string of the molecule is CC(C)CNCc1cc(Br)ccc1OCCN1CCCC1. The van der Waals surface area contributed by atoms with E-state index in [2.05, 4.69) is 58.2 Å². The molecule has 0 bridgehead atoms. The van der Waals surface area contributed by atoms with Gasteiger partial charge in [-0.15, -0.1) is 0 Å². The molecule has 0 radical (unpaired) electrons. The van der Waals surface area contributed by atoms with Crippen LogP contribution in [-0.2, 0) is 6.54 Å². The zero-order valence-corrected chi connectivity index (χ0v) is 14.8. The Balaban J connectivity index is 1.84. The second-order valence-electron chi connectivity index (χ2n) is 6.17. The van der Waals surface area contributed by atoms with Gasteiger partial charge in [0.25, 0.3) is 0 Å². The van der Waals surface area contributed by atoms with Crippen LogP contribution in [0, 0.1) is 5.92 Å². The smallest absolute Gasteiger partial charge is 0.123 e. The van der Waals surface area contributed by atoms with Crippen molar-refractivity contribution in [3.05, 3.63) is 28.2 Å². The molecule has 1 aromatic carbocycles. The number of hydrogen-bond donors (Lipinski definition) is 1. The highest BCUT2D eigenvalue weighted by Gasteiger charge is 2.11. The van der Waals surface area contributed by atoms with Crippen molar-refractivity contribution in [2.45, 2.75) is 33.2 Å². The van der Waals surface area contributed by atoms with Crippen LogP contribution >= 0.6 is 15.9 Å². The van der Waals surface area contributed by atoms with Gasteiger partial charge in [0.15, 0.2) is 0 Å². The fraction of sp³-hybridized carbons (Fsp3) is 0.647. The van der Waals surface area contributed by atoms with Crippen LogP contribution in [0.4, 0.5) is 0 Å². The quantitative estimate of drug-likeness (QED) is 0.770. The lowest BCUT2D eigenvalue weighted by molar-refractivity contribution is 0.236. The predicted molar refractivity (Wildman–Crippen MR) is 91.9 cm³/mol. The summed E-state index contributed by atoms with van der Waals surface area (Å²) in [5.74, 6) is 1.67. The second-order valence-corrected chi connectivity index (χ2v) is 7.09. The van der Waals surface area contributed by atoms with Gasteiger partial charge in [0.2, 0.25) is 0 Å². The van der Waals surface area contributed by atoms with Gasteiger partial charge in [-0.1, -0.05) is 29.8 Å². The maximum Gasteiger partial charge on any atom is 0.123 e. The number of benzene rings is 1. The summed E-state index contributed by atoms with van der Waals surface area (Å²) < 4.78 is 7.12. The molecule has 1 N–H and O–H groups in total. The molecule has 0 atom stereocenters. The van der Waals surface area contributed by atoms with E-state index in [0.717, 1.165) is 36.5 Å². The van der Waals surface area contributed by atoms with Crippen molar-refractivity contribution in [1.82, 2.24) is 10.2 Å². The number of hydrogen-bond acceptors (Lipinski definition) is 3. The summed E-state index contributed by atoms with van der Waals surface area (Å²) in [5.41, 5.74) is 1.23. The van der Waals surface area contributed by atoms with Gasteiger partial charge in [-0.25, -0.2) is 0 Å². The minimum absolute atomic E-state index is 0.664. The first-order chi connectivity index (χ1) is 10.1. The molecular formula is C17H27BrN2O. The topological polar surface area (TPSA) is 24.5 Å². The van der Waals surface area contributed by atoms with Crippen LogP contribution in [-0.4, -0.2) is 37.7 Å². The monoisotopic (exact) mass is 354 g/mol. The number of rotatable bonds is 8. The van der Waals surface area contributed by atoms with Crippen molar-refractivity contribution in [3.63, 3.8) is 0 Å². The van der Waals surface area contributed by atoms with Crippen LogP contribution in [0.5, 0.6) is 5.75 Å². The number of halogens is 1. The van der Waals surface area contributed by atoms with Gasteiger partial charge in [-0.3, -0.25) is 4.90 Å². The molecule has 21 heavy (non-hydrogen) atoms. The normalized spacial score (nSPS) is 15.8. The molecule has 0 amide bonds. The average Bonchev–Trinajstić information content (AvgIpc) is 2.94. The summed E-state index contributed by atoms with van der Waals surface area (Å²) in [5, 5.41) is 3.49. The van der Waals surface area contributed by atoms with Crippen molar-refractivity contribution >= 4 is 15.9 Å². The van der Waals surface area contributed by atoms with Gasteiger partial charge >= 0.3 is 0 Å². The predicted octanol–water partition coefficient (Wildman–Crippen LogP) is 3.67. The van der Waals surface area contributed by atoms with E-state index in [4.69, 9.17) is 4.74 Å². The van der Waals surface area contributed by atoms with E-state index in [-0.39, 0.29) is 0 Å². The molecule has 0 spiro atoms. The Bertz CT molecular complexity index is 431. The Morgan fingerprint density at radius 3 is 2.76 bits per heavy atom. The molecule has 4 heteroatoms. The van der Waals surface area contributed by atoms with Crippen molar-refractivity contribution < 1.29 is 4.74 Å². The largest absolute Gasteiger partial charge is 0.492 e. The molecule has 1 aromatic rings. The lowest BCUT2D eigenvalue weighted by atomic mass is 10.2. The summed E-state index contributed by atoms with van der Waals surface area (Å²) in [6, 6.07) is 6.27. The van der Waals surface area contributed by atoms with Crippen molar-refractivity contribution in [3.8, 4) is 5.75 Å². The van der Waals surface area contributed by atoms with E-state index in [1.54, 1.807) is 0 Å². The minimum Gasteiger partial charge on any atom is -0.492 e. The van der Waals surface area contributed by atoms with Gasteiger partial charge < -0.3 is 10.1 Å². The first kappa shape index (κ1) is 16.8. The molecule has 0 aromatic heterocycles. The highest BCUT2D eigenvalue weighted by molar-refractivity contribution is 9.10. The standard InChI is InChI=1S/C17H27BrN2O/c1-14(2)12-19-13-15-11-16(18)5-6-17(15)21-10-9-20-7-3-4-8-20/h5-6,11,14,19H,3-4,7-10,12-13H2,1-2H3. The van der Waals surface area contributed by atoms with Crippen LogP contribution in [0.2, 0.25) is 0 Å². The third kappa shape index (κ3) is 5.97. The van der Waals surface area contributed by atoms with Gasteiger partial charge in [0.05, 0.1) is 0 Å².